The molecule has 5 heterocycles. The number of nitrogens with zero attached hydrogens (tertiary/aromatic N) is 6. The van der Waals surface area contributed by atoms with Crippen molar-refractivity contribution in [3.8, 4) is 45.6 Å². The Kier molecular flexibility index (Phi) is 10.4. The third-order valence-electron chi connectivity index (χ3n) is 10.1. The van der Waals surface area contributed by atoms with E-state index >= 15 is 0 Å². The summed E-state index contributed by atoms with van der Waals surface area (Å²) in [4.78, 5) is 39.0. The van der Waals surface area contributed by atoms with Crippen LogP contribution < -0.4 is 0 Å². The van der Waals surface area contributed by atoms with Crippen LogP contribution in [0.2, 0.25) is 65.0 Å². The first-order chi connectivity index (χ1) is 28.5. The molecule has 1 unspecified atom stereocenters. The zero-order chi connectivity index (χ0) is 42.0. The minimum Gasteiger partial charge on any atom is -0.437 e. The van der Waals surface area contributed by atoms with Gasteiger partial charge in [-0.15, -0.1) is 11.8 Å². The Morgan fingerprint density at radius 1 is 0.467 bits per heavy atom. The molecule has 11 nitrogen and oxygen atoms in total. The number of thioether (sulfide) groups is 1. The van der Waals surface area contributed by atoms with Gasteiger partial charge in [-0.1, -0.05) is 72.8 Å². The van der Waals surface area contributed by atoms with Gasteiger partial charge in [0, 0.05) is 48.7 Å². The first-order valence-electron chi connectivity index (χ1n) is 20.5. The molecule has 8 bridgehead atoms. The molecule has 0 spiro atoms. The summed E-state index contributed by atoms with van der Waals surface area (Å²) in [7, 11) is -8.53. The molecule has 1 atom stereocenters. The number of aromatic amines is 2. The molecule has 4 aromatic carbocycles. The smallest absolute Gasteiger partial charge is 0.315 e. The van der Waals surface area contributed by atoms with E-state index in [2.05, 4.69) is 93.2 Å². The molecular formula is C44H50N8O3SSi4. The van der Waals surface area contributed by atoms with Gasteiger partial charge in [-0.2, -0.15) is 0 Å². The molecule has 60 heavy (non-hydrogen) atoms. The summed E-state index contributed by atoms with van der Waals surface area (Å²) in [5.41, 5.74) is 6.36. The van der Waals surface area contributed by atoms with Crippen LogP contribution in [0.4, 0.5) is 0 Å². The lowest BCUT2D eigenvalue weighted by Gasteiger charge is -2.41. The first-order valence-corrected chi connectivity index (χ1v) is 33.6. The van der Waals surface area contributed by atoms with Gasteiger partial charge < -0.3 is 22.3 Å². The number of hydrogen-bond donors (Lipinski definition) is 2. The molecule has 2 aliphatic rings. The Hall–Kier alpha value is -4.66. The van der Waals surface area contributed by atoms with Gasteiger partial charge in [0.05, 0.1) is 0 Å². The second-order valence-electron chi connectivity index (χ2n) is 18.0. The second-order valence-corrected chi connectivity index (χ2v) is 35.6. The maximum atomic E-state index is 6.96. The highest BCUT2D eigenvalue weighted by Gasteiger charge is 2.44. The lowest BCUT2D eigenvalue weighted by atomic mass is 10.1. The predicted octanol–water partition coefficient (Wildman–Crippen LogP) is 11.8. The fourth-order valence-electron chi connectivity index (χ4n) is 8.34. The van der Waals surface area contributed by atoms with Crippen molar-refractivity contribution in [2.24, 2.45) is 0 Å². The highest BCUT2D eigenvalue weighted by atomic mass is 32.2. The fourth-order valence-corrected chi connectivity index (χ4v) is 27.4. The molecule has 0 radical (unpaired) electrons. The summed E-state index contributed by atoms with van der Waals surface area (Å²) < 4.78 is 20.5. The number of rotatable bonds is 11. The van der Waals surface area contributed by atoms with Crippen molar-refractivity contribution in [1.82, 2.24) is 39.9 Å². The lowest BCUT2D eigenvalue weighted by molar-refractivity contribution is 0.323. The zero-order valence-electron chi connectivity index (χ0n) is 35.6. The molecule has 0 amide bonds. The third-order valence-corrected chi connectivity index (χ3v) is 24.7. The van der Waals surface area contributed by atoms with Crippen molar-refractivity contribution in [3.63, 3.8) is 0 Å². The maximum absolute atomic E-state index is 6.96. The molecule has 0 saturated carbocycles. The molecule has 0 aliphatic carbocycles. The molecule has 0 saturated heterocycles. The van der Waals surface area contributed by atoms with Crippen LogP contribution in [-0.4, -0.2) is 79.4 Å². The minimum atomic E-state index is -2.51. The van der Waals surface area contributed by atoms with E-state index in [-0.39, 0.29) is 0 Å². The highest BCUT2D eigenvalue weighted by molar-refractivity contribution is 7.99. The standard InChI is InChI=1S/C44H50N8O3SSi4/c1-57(2,3)53-59(7,8)55-60(9,54-58(4,5)6)26-16-25-56-28-23-24-35-36(27-28)44-51-42-34-22-15-14-21-33(34)40(49-42)47-38-30-18-11-10-17-29(30)37(45-38)46-39-31-19-12-13-20-32(31)41(48-39)50-43(35)52-44/h10-15,17-24,27H,16,25-26H2,1-9H3,(H2,45,46,47,48,49,50,51,52). The molecule has 3 aromatic heterocycles. The van der Waals surface area contributed by atoms with E-state index in [9.17, 15) is 0 Å². The average molecular weight is 883 g/mol. The summed E-state index contributed by atoms with van der Waals surface area (Å²) >= 11 is 1.84. The average Bonchev–Trinajstić information content (AvgIpc) is 3.90. The topological polar surface area (TPSA) is 137 Å². The van der Waals surface area contributed by atoms with Crippen LogP contribution in [0.3, 0.4) is 0 Å². The van der Waals surface area contributed by atoms with Crippen molar-refractivity contribution in [2.75, 3.05) is 5.75 Å². The molecule has 2 aliphatic heterocycles. The van der Waals surface area contributed by atoms with E-state index in [0.29, 0.717) is 45.9 Å². The lowest BCUT2D eigenvalue weighted by Crippen LogP contribution is -2.56. The van der Waals surface area contributed by atoms with Gasteiger partial charge in [-0.25, -0.2) is 29.9 Å². The summed E-state index contributed by atoms with van der Waals surface area (Å²) in [6.07, 6.45) is 0.967. The molecule has 16 heteroatoms. The number of aromatic nitrogens is 8. The first kappa shape index (κ1) is 40.7. The van der Waals surface area contributed by atoms with Crippen LogP contribution in [-0.2, 0) is 12.3 Å². The summed E-state index contributed by atoms with van der Waals surface area (Å²) in [5.74, 6) is 3.26. The van der Waals surface area contributed by atoms with Crippen LogP contribution in [0.5, 0.6) is 0 Å². The number of H-pyrrole nitrogens is 2. The van der Waals surface area contributed by atoms with E-state index in [0.717, 1.165) is 66.9 Å². The minimum absolute atomic E-state index is 0.584. The van der Waals surface area contributed by atoms with Gasteiger partial charge in [-0.3, -0.25) is 0 Å². The Morgan fingerprint density at radius 2 is 0.883 bits per heavy atom. The van der Waals surface area contributed by atoms with Gasteiger partial charge in [-0.05, 0) is 95.3 Å². The van der Waals surface area contributed by atoms with Gasteiger partial charge in [0.15, 0.2) is 39.9 Å². The second kappa shape index (κ2) is 15.4. The number of fused-ring (bicyclic) bond motifs is 20. The van der Waals surface area contributed by atoms with Crippen molar-refractivity contribution >= 4 is 89.7 Å². The molecular weight excluding hydrogens is 833 g/mol. The SMILES string of the molecule is C[Si](C)(C)O[Si](C)(C)O[Si](C)(CCCSc1ccc2c3nc4nc(nc5[nH]c(nc6nc(nc([nH]3)c2c1)-c1ccccc1-6)c1ccccc51)-c1ccccc1-4)O[Si](C)(C)C. The van der Waals surface area contributed by atoms with Crippen molar-refractivity contribution in [3.05, 3.63) is 91.0 Å². The van der Waals surface area contributed by atoms with E-state index in [4.69, 9.17) is 42.2 Å². The van der Waals surface area contributed by atoms with Crippen LogP contribution >= 0.6 is 11.8 Å². The molecule has 2 N–H and O–H groups in total. The van der Waals surface area contributed by atoms with Crippen molar-refractivity contribution in [2.45, 2.75) is 76.3 Å². The zero-order valence-corrected chi connectivity index (χ0v) is 40.4. The van der Waals surface area contributed by atoms with Gasteiger partial charge >= 0.3 is 17.1 Å². The van der Waals surface area contributed by atoms with Gasteiger partial charge in [0.25, 0.3) is 0 Å². The number of benzene rings is 4. The summed E-state index contributed by atoms with van der Waals surface area (Å²) in [6.45, 7) is 20.0. The van der Waals surface area contributed by atoms with Gasteiger partial charge in [0.2, 0.25) is 0 Å². The van der Waals surface area contributed by atoms with Crippen molar-refractivity contribution < 1.29 is 12.3 Å². The van der Waals surface area contributed by atoms with Gasteiger partial charge in [0.1, 0.15) is 22.6 Å². The van der Waals surface area contributed by atoms with E-state index in [1.807, 2.05) is 78.5 Å². The Morgan fingerprint density at radius 3 is 1.33 bits per heavy atom. The fraction of sp³-hybridized carbons (Fsp3) is 0.273. The quantitative estimate of drug-likeness (QED) is 0.0734. The highest BCUT2D eigenvalue weighted by Crippen LogP contribution is 2.38. The molecule has 7 aromatic rings. The van der Waals surface area contributed by atoms with E-state index in [1.165, 1.54) is 0 Å². The van der Waals surface area contributed by atoms with Crippen molar-refractivity contribution in [1.29, 1.82) is 0 Å². The van der Waals surface area contributed by atoms with Crippen LogP contribution in [0.1, 0.15) is 6.42 Å². The third kappa shape index (κ3) is 8.47. The van der Waals surface area contributed by atoms with E-state index in [1.54, 1.807) is 0 Å². The van der Waals surface area contributed by atoms with Crippen LogP contribution in [0.15, 0.2) is 95.9 Å². The largest absolute Gasteiger partial charge is 0.437 e. The Bertz CT molecular complexity index is 2980. The molecule has 306 valence electrons. The Labute approximate surface area is 358 Å². The Balaban J connectivity index is 1.14. The predicted molar refractivity (Wildman–Crippen MR) is 255 cm³/mol. The van der Waals surface area contributed by atoms with Crippen LogP contribution in [0, 0.1) is 0 Å². The molecule has 9 rings (SSSR count). The summed E-state index contributed by atoms with van der Waals surface area (Å²) in [6, 6.07) is 31.8. The summed E-state index contributed by atoms with van der Waals surface area (Å²) in [5, 5.41) is 3.79. The van der Waals surface area contributed by atoms with Crippen LogP contribution in [0.25, 0.3) is 89.7 Å². The van der Waals surface area contributed by atoms with E-state index < -0.39 is 33.8 Å². The number of nitrogens with one attached hydrogen (secondary N) is 2. The number of hydrogen-bond acceptors (Lipinski definition) is 10. The normalized spacial score (nSPS) is 14.0. The maximum Gasteiger partial charge on any atom is 0.315 e. The monoisotopic (exact) mass is 882 g/mol. The molecule has 0 fully saturated rings.